The van der Waals surface area contributed by atoms with E-state index in [2.05, 4.69) is 51.6 Å². The molecular weight excluding hydrogens is 274 g/mol. The minimum atomic E-state index is 0.478. The highest BCUT2D eigenvalue weighted by Gasteiger charge is 2.22. The van der Waals surface area contributed by atoms with Crippen LogP contribution in [0.15, 0.2) is 18.6 Å². The van der Waals surface area contributed by atoms with Crippen molar-refractivity contribution < 1.29 is 0 Å². The number of rotatable bonds is 5. The van der Waals surface area contributed by atoms with Gasteiger partial charge in [-0.05, 0) is 58.1 Å². The number of nitrogens with zero attached hydrogens (tertiary/aromatic N) is 4. The molecule has 0 saturated carbocycles. The molecule has 1 N–H and O–H groups in total. The predicted molar refractivity (Wildman–Crippen MR) is 87.6 cm³/mol. The van der Waals surface area contributed by atoms with Gasteiger partial charge in [-0.3, -0.25) is 10.00 Å². The van der Waals surface area contributed by atoms with Gasteiger partial charge in [0.25, 0.3) is 0 Å². The summed E-state index contributed by atoms with van der Waals surface area (Å²) in [4.78, 5) is 7.11. The van der Waals surface area contributed by atoms with Crippen LogP contribution in [-0.2, 0) is 13.0 Å². The topological polar surface area (TPSA) is 49.7 Å². The molecule has 1 aliphatic rings. The molecule has 2 aromatic heterocycles. The quantitative estimate of drug-likeness (QED) is 0.923. The molecule has 0 bridgehead atoms. The fourth-order valence-corrected chi connectivity index (χ4v) is 3.47. The van der Waals surface area contributed by atoms with Crippen LogP contribution in [0.4, 0.5) is 0 Å². The number of aryl methyl sites for hydroxylation is 1. The van der Waals surface area contributed by atoms with Crippen LogP contribution in [0.3, 0.4) is 0 Å². The summed E-state index contributed by atoms with van der Waals surface area (Å²) in [5.41, 5.74) is 2.59. The van der Waals surface area contributed by atoms with Crippen molar-refractivity contribution in [2.45, 2.75) is 52.6 Å². The Morgan fingerprint density at radius 1 is 1.41 bits per heavy atom. The Hall–Kier alpha value is -1.62. The molecular formula is C17H27N5. The second kappa shape index (κ2) is 6.65. The maximum atomic E-state index is 4.55. The lowest BCUT2D eigenvalue weighted by atomic mass is 9.92. The van der Waals surface area contributed by atoms with Crippen LogP contribution in [0.25, 0.3) is 0 Å². The van der Waals surface area contributed by atoms with E-state index in [-0.39, 0.29) is 0 Å². The van der Waals surface area contributed by atoms with Gasteiger partial charge in [0.15, 0.2) is 0 Å². The van der Waals surface area contributed by atoms with Gasteiger partial charge in [0.2, 0.25) is 0 Å². The zero-order chi connectivity index (χ0) is 15.5. The van der Waals surface area contributed by atoms with Crippen molar-refractivity contribution in [3.8, 4) is 0 Å². The van der Waals surface area contributed by atoms with Gasteiger partial charge in [-0.25, -0.2) is 4.98 Å². The summed E-state index contributed by atoms with van der Waals surface area (Å²) in [7, 11) is 0. The normalized spacial score (nSPS) is 19.9. The van der Waals surface area contributed by atoms with Crippen molar-refractivity contribution in [3.63, 3.8) is 0 Å². The highest BCUT2D eigenvalue weighted by molar-refractivity contribution is 5.14. The summed E-state index contributed by atoms with van der Waals surface area (Å²) in [6.45, 7) is 9.87. The number of hydrogen-bond donors (Lipinski definition) is 1. The van der Waals surface area contributed by atoms with Gasteiger partial charge >= 0.3 is 0 Å². The third kappa shape index (κ3) is 3.40. The highest BCUT2D eigenvalue weighted by Crippen LogP contribution is 2.23. The molecule has 1 saturated heterocycles. The summed E-state index contributed by atoms with van der Waals surface area (Å²) >= 11 is 0. The summed E-state index contributed by atoms with van der Waals surface area (Å²) in [6.07, 6.45) is 9.64. The molecule has 5 nitrogen and oxygen atoms in total. The molecule has 1 unspecified atom stereocenters. The van der Waals surface area contributed by atoms with E-state index >= 15 is 0 Å². The first-order valence-corrected chi connectivity index (χ1v) is 8.36. The minimum absolute atomic E-state index is 0.478. The first-order valence-electron chi connectivity index (χ1n) is 8.36. The van der Waals surface area contributed by atoms with Gasteiger partial charge in [-0.15, -0.1) is 0 Å². The van der Waals surface area contributed by atoms with Crippen molar-refractivity contribution in [2.75, 3.05) is 13.1 Å². The van der Waals surface area contributed by atoms with Crippen molar-refractivity contribution in [1.29, 1.82) is 0 Å². The van der Waals surface area contributed by atoms with E-state index in [0.29, 0.717) is 6.04 Å². The van der Waals surface area contributed by atoms with E-state index in [1.54, 1.807) is 0 Å². The molecule has 3 rings (SSSR count). The number of imidazole rings is 1. The molecule has 1 aliphatic heterocycles. The van der Waals surface area contributed by atoms with E-state index in [0.717, 1.165) is 25.4 Å². The van der Waals surface area contributed by atoms with Crippen LogP contribution in [0, 0.1) is 12.8 Å². The fraction of sp³-hybridized carbons (Fsp3) is 0.647. The third-order valence-electron chi connectivity index (χ3n) is 4.70. The van der Waals surface area contributed by atoms with Gasteiger partial charge in [0.1, 0.15) is 5.82 Å². The molecule has 0 aliphatic carbocycles. The zero-order valence-corrected chi connectivity index (χ0v) is 13.9. The average Bonchev–Trinajstić information content (AvgIpc) is 3.09. The van der Waals surface area contributed by atoms with Gasteiger partial charge < -0.3 is 4.57 Å². The summed E-state index contributed by atoms with van der Waals surface area (Å²) < 4.78 is 2.28. The Balaban J connectivity index is 1.61. The van der Waals surface area contributed by atoms with Crippen LogP contribution in [0.2, 0.25) is 0 Å². The second-order valence-electron chi connectivity index (χ2n) is 6.82. The van der Waals surface area contributed by atoms with Crippen molar-refractivity contribution in [3.05, 3.63) is 35.7 Å². The Morgan fingerprint density at radius 2 is 2.27 bits per heavy atom. The second-order valence-corrected chi connectivity index (χ2v) is 6.82. The van der Waals surface area contributed by atoms with Crippen molar-refractivity contribution in [2.24, 2.45) is 5.92 Å². The largest absolute Gasteiger partial charge is 0.331 e. The van der Waals surface area contributed by atoms with E-state index in [9.17, 15) is 0 Å². The lowest BCUT2D eigenvalue weighted by Crippen LogP contribution is -2.36. The SMILES string of the molecule is Cc1cn[nH]c1CC1CCCN(Cc2nccn2C(C)C)C1. The first kappa shape index (κ1) is 15.3. The molecule has 0 spiro atoms. The molecule has 1 atom stereocenters. The van der Waals surface area contributed by atoms with Crippen molar-refractivity contribution >= 4 is 0 Å². The lowest BCUT2D eigenvalue weighted by Gasteiger charge is -2.32. The molecule has 120 valence electrons. The number of likely N-dealkylation sites (tertiary alicyclic amines) is 1. The van der Waals surface area contributed by atoms with Crippen LogP contribution in [0.5, 0.6) is 0 Å². The Morgan fingerprint density at radius 3 is 3.00 bits per heavy atom. The standard InChI is InChI=1S/C17H27N5/c1-13(2)22-8-6-18-17(22)12-21-7-4-5-15(11-21)9-16-14(3)10-19-20-16/h6,8,10,13,15H,4-5,7,9,11-12H2,1-3H3,(H,19,20). The van der Waals surface area contributed by atoms with Gasteiger partial charge in [0, 0.05) is 30.7 Å². The maximum Gasteiger partial charge on any atom is 0.123 e. The molecule has 0 radical (unpaired) electrons. The number of aromatic amines is 1. The smallest absolute Gasteiger partial charge is 0.123 e. The Bertz CT molecular complexity index is 598. The summed E-state index contributed by atoms with van der Waals surface area (Å²) in [6, 6.07) is 0.478. The maximum absolute atomic E-state index is 4.55. The van der Waals surface area contributed by atoms with E-state index in [1.165, 1.54) is 36.5 Å². The predicted octanol–water partition coefficient (Wildman–Crippen LogP) is 2.95. The molecule has 0 aromatic carbocycles. The van der Waals surface area contributed by atoms with Crippen molar-refractivity contribution in [1.82, 2.24) is 24.6 Å². The molecule has 1 fully saturated rings. The van der Waals surface area contributed by atoms with Crippen LogP contribution in [0.1, 0.15) is 49.8 Å². The van der Waals surface area contributed by atoms with Gasteiger partial charge in [-0.1, -0.05) is 0 Å². The Kier molecular flexibility index (Phi) is 4.62. The number of nitrogens with one attached hydrogen (secondary N) is 1. The molecule has 3 heterocycles. The lowest BCUT2D eigenvalue weighted by molar-refractivity contribution is 0.160. The number of aromatic nitrogens is 4. The van der Waals surface area contributed by atoms with Crippen LogP contribution < -0.4 is 0 Å². The highest BCUT2D eigenvalue weighted by atomic mass is 15.2. The summed E-state index contributed by atoms with van der Waals surface area (Å²) in [5.74, 6) is 1.91. The Labute approximate surface area is 132 Å². The van der Waals surface area contributed by atoms with E-state index < -0.39 is 0 Å². The monoisotopic (exact) mass is 301 g/mol. The van der Waals surface area contributed by atoms with E-state index in [4.69, 9.17) is 0 Å². The van der Waals surface area contributed by atoms with Crippen LogP contribution >= 0.6 is 0 Å². The van der Waals surface area contributed by atoms with Gasteiger partial charge in [-0.2, -0.15) is 5.10 Å². The molecule has 0 amide bonds. The third-order valence-corrected chi connectivity index (χ3v) is 4.70. The average molecular weight is 301 g/mol. The molecule has 2 aromatic rings. The molecule has 22 heavy (non-hydrogen) atoms. The minimum Gasteiger partial charge on any atom is -0.331 e. The first-order chi connectivity index (χ1) is 10.6. The van der Waals surface area contributed by atoms with Crippen LogP contribution in [-0.4, -0.2) is 37.7 Å². The zero-order valence-electron chi connectivity index (χ0n) is 13.9. The molecule has 5 heteroatoms. The van der Waals surface area contributed by atoms with Gasteiger partial charge in [0.05, 0.1) is 12.7 Å². The summed E-state index contributed by atoms with van der Waals surface area (Å²) in [5, 5.41) is 7.30. The fourth-order valence-electron chi connectivity index (χ4n) is 3.47. The number of H-pyrrole nitrogens is 1. The number of piperidine rings is 1. The number of hydrogen-bond acceptors (Lipinski definition) is 3. The van der Waals surface area contributed by atoms with E-state index in [1.807, 2.05) is 12.4 Å².